The van der Waals surface area contributed by atoms with E-state index in [4.69, 9.17) is 18.0 Å². The predicted molar refractivity (Wildman–Crippen MR) is 72.5 cm³/mol. The lowest BCUT2D eigenvalue weighted by Crippen LogP contribution is -2.37. The SMILES string of the molecule is CCN(CC(N)=S)C(=O)c1cccc(Br)c1. The lowest BCUT2D eigenvalue weighted by Gasteiger charge is -2.20. The molecule has 0 aliphatic rings. The van der Waals surface area contributed by atoms with E-state index in [2.05, 4.69) is 15.9 Å². The Labute approximate surface area is 109 Å². The van der Waals surface area contributed by atoms with Crippen molar-refractivity contribution in [1.29, 1.82) is 0 Å². The van der Waals surface area contributed by atoms with Gasteiger partial charge in [0, 0.05) is 16.6 Å². The minimum absolute atomic E-state index is 0.0587. The van der Waals surface area contributed by atoms with Gasteiger partial charge in [-0.05, 0) is 25.1 Å². The Balaban J connectivity index is 2.86. The molecule has 0 saturated heterocycles. The molecule has 3 nitrogen and oxygen atoms in total. The van der Waals surface area contributed by atoms with E-state index in [1.54, 1.807) is 17.0 Å². The standard InChI is InChI=1S/C11H13BrN2OS/c1-2-14(7-10(13)16)11(15)8-4-3-5-9(12)6-8/h3-6H,2,7H2,1H3,(H2,13,16). The van der Waals surface area contributed by atoms with Crippen LogP contribution in [0.3, 0.4) is 0 Å². The molecular formula is C11H13BrN2OS. The Morgan fingerprint density at radius 3 is 2.75 bits per heavy atom. The van der Waals surface area contributed by atoms with E-state index in [1.807, 2.05) is 19.1 Å². The molecule has 0 radical (unpaired) electrons. The van der Waals surface area contributed by atoms with Gasteiger partial charge in [-0.2, -0.15) is 0 Å². The zero-order valence-corrected chi connectivity index (χ0v) is 11.3. The Bertz CT molecular complexity index is 409. The Morgan fingerprint density at radius 1 is 1.56 bits per heavy atom. The van der Waals surface area contributed by atoms with E-state index in [-0.39, 0.29) is 5.91 Å². The number of halogens is 1. The summed E-state index contributed by atoms with van der Waals surface area (Å²) in [6, 6.07) is 7.26. The fourth-order valence-electron chi connectivity index (χ4n) is 1.32. The first-order chi connectivity index (χ1) is 7.54. The topological polar surface area (TPSA) is 46.3 Å². The lowest BCUT2D eigenvalue weighted by molar-refractivity contribution is 0.0788. The van der Waals surface area contributed by atoms with Crippen molar-refractivity contribution >= 4 is 39.0 Å². The normalized spacial score (nSPS) is 9.88. The smallest absolute Gasteiger partial charge is 0.254 e. The van der Waals surface area contributed by atoms with Gasteiger partial charge < -0.3 is 10.6 Å². The van der Waals surface area contributed by atoms with Gasteiger partial charge in [-0.25, -0.2) is 0 Å². The highest BCUT2D eigenvalue weighted by Gasteiger charge is 2.14. The molecule has 0 fully saturated rings. The van der Waals surface area contributed by atoms with Crippen LogP contribution in [0.1, 0.15) is 17.3 Å². The van der Waals surface area contributed by atoms with E-state index in [0.717, 1.165) is 4.47 Å². The molecule has 0 aromatic heterocycles. The number of hydrogen-bond donors (Lipinski definition) is 1. The molecule has 0 bridgehead atoms. The summed E-state index contributed by atoms with van der Waals surface area (Å²) in [5.74, 6) is -0.0587. The van der Waals surface area contributed by atoms with Crippen molar-refractivity contribution < 1.29 is 4.79 Å². The number of amides is 1. The van der Waals surface area contributed by atoms with Crippen molar-refractivity contribution in [2.24, 2.45) is 5.73 Å². The maximum atomic E-state index is 12.1. The summed E-state index contributed by atoms with van der Waals surface area (Å²) in [7, 11) is 0. The third-order valence-corrected chi connectivity index (χ3v) is 2.71. The number of carbonyl (C=O) groups excluding carboxylic acids is 1. The molecule has 0 saturated carbocycles. The summed E-state index contributed by atoms with van der Waals surface area (Å²) in [5.41, 5.74) is 6.07. The number of nitrogens with zero attached hydrogens (tertiary/aromatic N) is 1. The molecule has 86 valence electrons. The fraction of sp³-hybridized carbons (Fsp3) is 0.273. The van der Waals surface area contributed by atoms with E-state index in [0.29, 0.717) is 23.6 Å². The van der Waals surface area contributed by atoms with Crippen molar-refractivity contribution in [3.05, 3.63) is 34.3 Å². The van der Waals surface area contributed by atoms with Crippen LogP contribution in [-0.2, 0) is 0 Å². The van der Waals surface area contributed by atoms with Gasteiger partial charge in [0.05, 0.1) is 11.5 Å². The molecular weight excluding hydrogens is 288 g/mol. The quantitative estimate of drug-likeness (QED) is 0.867. The average Bonchev–Trinajstić information content (AvgIpc) is 2.24. The first-order valence-corrected chi connectivity index (χ1v) is 6.08. The molecule has 0 spiro atoms. The Kier molecular flexibility index (Phi) is 4.89. The molecule has 0 atom stereocenters. The average molecular weight is 301 g/mol. The van der Waals surface area contributed by atoms with E-state index in [9.17, 15) is 4.79 Å². The van der Waals surface area contributed by atoms with Crippen molar-refractivity contribution in [2.75, 3.05) is 13.1 Å². The zero-order chi connectivity index (χ0) is 12.1. The molecule has 1 amide bonds. The molecule has 16 heavy (non-hydrogen) atoms. The van der Waals surface area contributed by atoms with Gasteiger partial charge in [0.15, 0.2) is 0 Å². The molecule has 0 heterocycles. The largest absolute Gasteiger partial charge is 0.392 e. The van der Waals surface area contributed by atoms with E-state index in [1.165, 1.54) is 0 Å². The molecule has 5 heteroatoms. The number of likely N-dealkylation sites (N-methyl/N-ethyl adjacent to an activating group) is 1. The van der Waals surface area contributed by atoms with Crippen LogP contribution in [0.2, 0.25) is 0 Å². The van der Waals surface area contributed by atoms with Crippen LogP contribution in [-0.4, -0.2) is 28.9 Å². The minimum atomic E-state index is -0.0587. The lowest BCUT2D eigenvalue weighted by atomic mass is 10.2. The summed E-state index contributed by atoms with van der Waals surface area (Å²) in [5, 5.41) is 0. The van der Waals surface area contributed by atoms with Crippen LogP contribution >= 0.6 is 28.1 Å². The maximum absolute atomic E-state index is 12.1. The van der Waals surface area contributed by atoms with Crippen LogP contribution in [0, 0.1) is 0 Å². The third kappa shape index (κ3) is 3.57. The van der Waals surface area contributed by atoms with E-state index < -0.39 is 0 Å². The highest BCUT2D eigenvalue weighted by Crippen LogP contribution is 2.13. The second-order valence-corrected chi connectivity index (χ2v) is 4.74. The van der Waals surface area contributed by atoms with Gasteiger partial charge in [0.1, 0.15) is 0 Å². The van der Waals surface area contributed by atoms with E-state index >= 15 is 0 Å². The van der Waals surface area contributed by atoms with Gasteiger partial charge in [-0.1, -0.05) is 34.2 Å². The number of thiocarbonyl (C=S) groups is 1. The van der Waals surface area contributed by atoms with Gasteiger partial charge in [0.2, 0.25) is 0 Å². The number of benzene rings is 1. The fourth-order valence-corrected chi connectivity index (χ4v) is 1.87. The molecule has 0 aliphatic carbocycles. The van der Waals surface area contributed by atoms with Crippen LogP contribution in [0.15, 0.2) is 28.7 Å². The monoisotopic (exact) mass is 300 g/mol. The molecule has 1 aromatic rings. The summed E-state index contributed by atoms with van der Waals surface area (Å²) < 4.78 is 0.879. The van der Waals surface area contributed by atoms with Gasteiger partial charge in [-0.15, -0.1) is 0 Å². The Hall–Kier alpha value is -0.940. The molecule has 2 N–H and O–H groups in total. The maximum Gasteiger partial charge on any atom is 0.254 e. The summed E-state index contributed by atoms with van der Waals surface area (Å²) in [6.45, 7) is 2.80. The summed E-state index contributed by atoms with van der Waals surface area (Å²) >= 11 is 8.14. The number of carbonyl (C=O) groups is 1. The minimum Gasteiger partial charge on any atom is -0.392 e. The third-order valence-electron chi connectivity index (χ3n) is 2.09. The highest BCUT2D eigenvalue weighted by atomic mass is 79.9. The first-order valence-electron chi connectivity index (χ1n) is 4.87. The second-order valence-electron chi connectivity index (χ2n) is 3.30. The molecule has 0 unspecified atom stereocenters. The first kappa shape index (κ1) is 13.1. The van der Waals surface area contributed by atoms with Crippen LogP contribution in [0.5, 0.6) is 0 Å². The number of hydrogen-bond acceptors (Lipinski definition) is 2. The number of nitrogens with two attached hydrogens (primary N) is 1. The number of rotatable bonds is 4. The zero-order valence-electron chi connectivity index (χ0n) is 8.94. The van der Waals surface area contributed by atoms with Gasteiger partial charge >= 0.3 is 0 Å². The summed E-state index contributed by atoms with van der Waals surface area (Å²) in [4.78, 5) is 14.0. The van der Waals surface area contributed by atoms with Gasteiger partial charge in [0.25, 0.3) is 5.91 Å². The molecule has 1 aromatic carbocycles. The van der Waals surface area contributed by atoms with Crippen LogP contribution in [0.25, 0.3) is 0 Å². The van der Waals surface area contributed by atoms with Crippen LogP contribution < -0.4 is 5.73 Å². The highest BCUT2D eigenvalue weighted by molar-refractivity contribution is 9.10. The molecule has 1 rings (SSSR count). The van der Waals surface area contributed by atoms with Crippen molar-refractivity contribution in [1.82, 2.24) is 4.90 Å². The Morgan fingerprint density at radius 2 is 2.25 bits per heavy atom. The predicted octanol–water partition coefficient (Wildman–Crippen LogP) is 2.20. The van der Waals surface area contributed by atoms with Crippen LogP contribution in [0.4, 0.5) is 0 Å². The van der Waals surface area contributed by atoms with Crippen molar-refractivity contribution in [3.8, 4) is 0 Å². The van der Waals surface area contributed by atoms with Gasteiger partial charge in [-0.3, -0.25) is 4.79 Å². The molecule has 0 aliphatic heterocycles. The summed E-state index contributed by atoms with van der Waals surface area (Å²) in [6.07, 6.45) is 0. The van der Waals surface area contributed by atoms with Crippen molar-refractivity contribution in [2.45, 2.75) is 6.92 Å². The second kappa shape index (κ2) is 5.96. The van der Waals surface area contributed by atoms with Crippen molar-refractivity contribution in [3.63, 3.8) is 0 Å².